The second kappa shape index (κ2) is 6.67. The second-order valence-electron chi connectivity index (χ2n) is 4.89. The average molecular weight is 306 g/mol. The molecule has 0 aliphatic carbocycles. The number of rotatable bonds is 5. The van der Waals surface area contributed by atoms with Gasteiger partial charge in [0.1, 0.15) is 24.7 Å². The van der Waals surface area contributed by atoms with Gasteiger partial charge >= 0.3 is 5.97 Å². The van der Waals surface area contributed by atoms with Gasteiger partial charge in [0.25, 0.3) is 0 Å². The molecule has 3 rings (SSSR count). The molecule has 0 radical (unpaired) electrons. The maximum Gasteiger partial charge on any atom is 0.354 e. The van der Waals surface area contributed by atoms with E-state index in [0.717, 1.165) is 10.9 Å². The summed E-state index contributed by atoms with van der Waals surface area (Å²) in [6, 6.07) is 18.2. The van der Waals surface area contributed by atoms with E-state index in [2.05, 4.69) is 4.98 Å². The lowest BCUT2D eigenvalue weighted by atomic mass is 10.2. The lowest BCUT2D eigenvalue weighted by Crippen LogP contribution is -2.12. The number of para-hydroxylation sites is 1. The van der Waals surface area contributed by atoms with E-state index in [1.54, 1.807) is 30.3 Å². The molecule has 1 N–H and O–H groups in total. The highest BCUT2D eigenvalue weighted by molar-refractivity contribution is 5.94. The van der Waals surface area contributed by atoms with Crippen LogP contribution < -0.4 is 4.74 Å². The van der Waals surface area contributed by atoms with Crippen LogP contribution in [0.15, 0.2) is 54.6 Å². The highest BCUT2D eigenvalue weighted by Gasteiger charge is 2.10. The highest BCUT2D eigenvalue weighted by Crippen LogP contribution is 2.15. The van der Waals surface area contributed by atoms with E-state index in [1.807, 2.05) is 30.3 Å². The van der Waals surface area contributed by atoms with Crippen molar-refractivity contribution >= 4 is 16.9 Å². The van der Waals surface area contributed by atoms with Crippen molar-refractivity contribution in [2.75, 3.05) is 13.2 Å². The molecule has 23 heavy (non-hydrogen) atoms. The van der Waals surface area contributed by atoms with E-state index in [9.17, 15) is 4.79 Å². The SMILES string of the molecule is N#Cc1ccc(OCCOC(=O)c2cc3ccccc3[nH]2)cc1. The number of nitrogens with one attached hydrogen (secondary N) is 1. The van der Waals surface area contributed by atoms with Gasteiger partial charge in [0.2, 0.25) is 0 Å². The van der Waals surface area contributed by atoms with Gasteiger partial charge in [-0.1, -0.05) is 18.2 Å². The van der Waals surface area contributed by atoms with E-state index in [0.29, 0.717) is 17.0 Å². The van der Waals surface area contributed by atoms with Crippen molar-refractivity contribution in [2.24, 2.45) is 0 Å². The minimum absolute atomic E-state index is 0.147. The van der Waals surface area contributed by atoms with Crippen LogP contribution in [0.2, 0.25) is 0 Å². The quantitative estimate of drug-likeness (QED) is 0.580. The zero-order valence-corrected chi connectivity index (χ0v) is 12.3. The van der Waals surface area contributed by atoms with Crippen LogP contribution in [-0.2, 0) is 4.74 Å². The summed E-state index contributed by atoms with van der Waals surface area (Å²) in [6.07, 6.45) is 0. The van der Waals surface area contributed by atoms with Crippen LogP contribution in [0.5, 0.6) is 5.75 Å². The van der Waals surface area contributed by atoms with Crippen LogP contribution >= 0.6 is 0 Å². The van der Waals surface area contributed by atoms with Gasteiger partial charge in [-0.05, 0) is 36.4 Å². The Bertz CT molecular complexity index is 827. The summed E-state index contributed by atoms with van der Waals surface area (Å²) in [5.41, 5.74) is 1.89. The third kappa shape index (κ3) is 3.50. The molecule has 2 aromatic carbocycles. The van der Waals surface area contributed by atoms with E-state index in [1.165, 1.54) is 0 Å². The molecule has 0 fully saturated rings. The van der Waals surface area contributed by atoms with Crippen molar-refractivity contribution in [3.63, 3.8) is 0 Å². The molecule has 114 valence electrons. The Kier molecular flexibility index (Phi) is 4.25. The number of benzene rings is 2. The molecule has 1 aromatic heterocycles. The van der Waals surface area contributed by atoms with Gasteiger partial charge in [-0.25, -0.2) is 4.79 Å². The number of hydrogen-bond acceptors (Lipinski definition) is 4. The molecule has 0 aliphatic rings. The smallest absolute Gasteiger partial charge is 0.354 e. The van der Waals surface area contributed by atoms with Crippen molar-refractivity contribution in [1.29, 1.82) is 5.26 Å². The molecule has 0 unspecified atom stereocenters. The highest BCUT2D eigenvalue weighted by atomic mass is 16.6. The van der Waals surface area contributed by atoms with Crippen LogP contribution in [0, 0.1) is 11.3 Å². The predicted octanol–water partition coefficient (Wildman–Crippen LogP) is 3.28. The Hall–Kier alpha value is -3.26. The molecule has 0 saturated carbocycles. The summed E-state index contributed by atoms with van der Waals surface area (Å²) in [5.74, 6) is 0.218. The van der Waals surface area contributed by atoms with Gasteiger partial charge in [-0.3, -0.25) is 0 Å². The van der Waals surface area contributed by atoms with E-state index in [-0.39, 0.29) is 13.2 Å². The van der Waals surface area contributed by atoms with Crippen LogP contribution in [0.4, 0.5) is 0 Å². The number of nitriles is 1. The first-order chi connectivity index (χ1) is 11.3. The van der Waals surface area contributed by atoms with E-state index < -0.39 is 5.97 Å². The number of carbonyl (C=O) groups excluding carboxylic acids is 1. The topological polar surface area (TPSA) is 75.1 Å². The van der Waals surface area contributed by atoms with Crippen molar-refractivity contribution in [2.45, 2.75) is 0 Å². The van der Waals surface area contributed by atoms with Crippen LogP contribution in [0.25, 0.3) is 10.9 Å². The largest absolute Gasteiger partial charge is 0.490 e. The monoisotopic (exact) mass is 306 g/mol. The number of nitrogens with zero attached hydrogens (tertiary/aromatic N) is 1. The first-order valence-corrected chi connectivity index (χ1v) is 7.14. The fraction of sp³-hybridized carbons (Fsp3) is 0.111. The number of esters is 1. The van der Waals surface area contributed by atoms with Gasteiger partial charge < -0.3 is 14.5 Å². The molecule has 5 nitrogen and oxygen atoms in total. The molecular weight excluding hydrogens is 292 g/mol. The summed E-state index contributed by atoms with van der Waals surface area (Å²) in [7, 11) is 0. The molecule has 1 heterocycles. The van der Waals surface area contributed by atoms with Crippen molar-refractivity contribution in [3.8, 4) is 11.8 Å². The summed E-state index contributed by atoms with van der Waals surface area (Å²) in [6.45, 7) is 0.395. The summed E-state index contributed by atoms with van der Waals surface area (Å²) in [4.78, 5) is 15.0. The van der Waals surface area contributed by atoms with E-state index >= 15 is 0 Å². The van der Waals surface area contributed by atoms with Crippen LogP contribution in [0.3, 0.4) is 0 Å². The van der Waals surface area contributed by atoms with Gasteiger partial charge in [0, 0.05) is 10.9 Å². The minimum Gasteiger partial charge on any atom is -0.490 e. The second-order valence-corrected chi connectivity index (χ2v) is 4.89. The van der Waals surface area contributed by atoms with Gasteiger partial charge in [-0.15, -0.1) is 0 Å². The first-order valence-electron chi connectivity index (χ1n) is 7.14. The van der Waals surface area contributed by atoms with Gasteiger partial charge in [0.05, 0.1) is 11.6 Å². The maximum atomic E-state index is 12.0. The minimum atomic E-state index is -0.412. The average Bonchev–Trinajstić information content (AvgIpc) is 3.03. The zero-order chi connectivity index (χ0) is 16.1. The van der Waals surface area contributed by atoms with Crippen molar-refractivity contribution < 1.29 is 14.3 Å². The fourth-order valence-corrected chi connectivity index (χ4v) is 2.18. The molecule has 0 saturated heterocycles. The predicted molar refractivity (Wildman–Crippen MR) is 85.2 cm³/mol. The molecule has 0 spiro atoms. The fourth-order valence-electron chi connectivity index (χ4n) is 2.18. The Labute approximate surface area is 133 Å². The number of ether oxygens (including phenoxy) is 2. The number of fused-ring (bicyclic) bond motifs is 1. The van der Waals surface area contributed by atoms with Gasteiger partial charge in [0.15, 0.2) is 0 Å². The van der Waals surface area contributed by atoms with Crippen LogP contribution in [-0.4, -0.2) is 24.2 Å². The maximum absolute atomic E-state index is 12.0. The lowest BCUT2D eigenvalue weighted by molar-refractivity contribution is 0.0445. The Morgan fingerprint density at radius 1 is 1.09 bits per heavy atom. The Morgan fingerprint density at radius 2 is 1.87 bits per heavy atom. The summed E-state index contributed by atoms with van der Waals surface area (Å²) < 4.78 is 10.6. The first kappa shape index (κ1) is 14.7. The summed E-state index contributed by atoms with van der Waals surface area (Å²) >= 11 is 0. The third-order valence-electron chi connectivity index (χ3n) is 3.32. The number of H-pyrrole nitrogens is 1. The molecule has 0 amide bonds. The Balaban J connectivity index is 1.50. The molecular formula is C18H14N2O3. The molecule has 0 aliphatic heterocycles. The number of aromatic amines is 1. The molecule has 3 aromatic rings. The Morgan fingerprint density at radius 3 is 2.61 bits per heavy atom. The van der Waals surface area contributed by atoms with Crippen molar-refractivity contribution in [1.82, 2.24) is 4.98 Å². The standard InChI is InChI=1S/C18H14N2O3/c19-12-13-5-7-15(8-6-13)22-9-10-23-18(21)17-11-14-3-1-2-4-16(14)20-17/h1-8,11,20H,9-10H2. The summed E-state index contributed by atoms with van der Waals surface area (Å²) in [5, 5.41) is 9.68. The number of hydrogen-bond donors (Lipinski definition) is 1. The normalized spacial score (nSPS) is 10.2. The van der Waals surface area contributed by atoms with Crippen LogP contribution in [0.1, 0.15) is 16.1 Å². The van der Waals surface area contributed by atoms with Crippen molar-refractivity contribution in [3.05, 3.63) is 65.9 Å². The molecule has 0 atom stereocenters. The molecule has 5 heteroatoms. The number of aromatic nitrogens is 1. The van der Waals surface area contributed by atoms with Gasteiger partial charge in [-0.2, -0.15) is 5.26 Å². The molecule has 0 bridgehead atoms. The van der Waals surface area contributed by atoms with E-state index in [4.69, 9.17) is 14.7 Å². The third-order valence-corrected chi connectivity index (χ3v) is 3.32. The number of carbonyl (C=O) groups is 1. The lowest BCUT2D eigenvalue weighted by Gasteiger charge is -2.06. The zero-order valence-electron chi connectivity index (χ0n) is 12.3.